The Hall–Kier alpha value is -1.81. The maximum Gasteiger partial charge on any atom is 0.141 e. The maximum atomic E-state index is 10.2. The van der Waals surface area contributed by atoms with Crippen LogP contribution >= 0.6 is 0 Å². The van der Waals surface area contributed by atoms with Crippen molar-refractivity contribution in [3.63, 3.8) is 0 Å². The van der Waals surface area contributed by atoms with Crippen molar-refractivity contribution in [1.29, 1.82) is 0 Å². The first kappa shape index (κ1) is 17.0. The van der Waals surface area contributed by atoms with E-state index in [9.17, 15) is 5.11 Å². The second-order valence-corrected chi connectivity index (χ2v) is 7.37. The van der Waals surface area contributed by atoms with E-state index in [-0.39, 0.29) is 11.5 Å². The summed E-state index contributed by atoms with van der Waals surface area (Å²) in [6, 6.07) is 9.91. The average molecular weight is 328 g/mol. The molecule has 0 amide bonds. The van der Waals surface area contributed by atoms with E-state index in [2.05, 4.69) is 32.6 Å². The molecule has 2 atom stereocenters. The Morgan fingerprint density at radius 3 is 2.83 bits per heavy atom. The van der Waals surface area contributed by atoms with Gasteiger partial charge in [0, 0.05) is 5.39 Å². The number of pyridine rings is 1. The van der Waals surface area contributed by atoms with Crippen LogP contribution in [0.1, 0.15) is 47.0 Å². The molecule has 130 valence electrons. The van der Waals surface area contributed by atoms with Gasteiger partial charge in [-0.3, -0.25) is 0 Å². The van der Waals surface area contributed by atoms with Crippen molar-refractivity contribution in [3.05, 3.63) is 30.3 Å². The zero-order chi connectivity index (χ0) is 17.3. The molecule has 0 spiro atoms. The summed E-state index contributed by atoms with van der Waals surface area (Å²) in [5, 5.41) is 11.1. The van der Waals surface area contributed by atoms with Crippen molar-refractivity contribution in [1.82, 2.24) is 4.98 Å². The Morgan fingerprint density at radius 1 is 1.33 bits per heavy atom. The van der Waals surface area contributed by atoms with E-state index < -0.39 is 0 Å². The highest BCUT2D eigenvalue weighted by atomic mass is 16.5. The summed E-state index contributed by atoms with van der Waals surface area (Å²) in [7, 11) is 0. The lowest BCUT2D eigenvalue weighted by Gasteiger charge is -2.38. The molecule has 2 aromatic rings. The van der Waals surface area contributed by atoms with E-state index in [1.165, 1.54) is 0 Å². The number of phenols is 1. The van der Waals surface area contributed by atoms with Crippen molar-refractivity contribution in [2.24, 2.45) is 5.92 Å². The van der Waals surface area contributed by atoms with Crippen LogP contribution in [0.4, 0.5) is 5.82 Å². The molecule has 1 N–H and O–H groups in total. The van der Waals surface area contributed by atoms with Gasteiger partial charge in [0.1, 0.15) is 22.8 Å². The lowest BCUT2D eigenvalue weighted by atomic mass is 9.99. The Kier molecular flexibility index (Phi) is 4.68. The number of rotatable bonds is 5. The minimum atomic E-state index is -0.337. The molecular weight excluding hydrogens is 300 g/mol. The third-order valence-electron chi connectivity index (χ3n) is 5.05. The van der Waals surface area contributed by atoms with Crippen LogP contribution in [0.2, 0.25) is 0 Å². The summed E-state index contributed by atoms with van der Waals surface area (Å²) < 4.78 is 6.23. The number of nitrogens with zero attached hydrogens (tertiary/aromatic N) is 2. The fourth-order valence-electron chi connectivity index (χ4n) is 3.54. The van der Waals surface area contributed by atoms with Gasteiger partial charge in [-0.25, -0.2) is 4.98 Å². The predicted molar refractivity (Wildman–Crippen MR) is 98.4 cm³/mol. The number of hydrogen-bond donors (Lipinski definition) is 1. The Morgan fingerprint density at radius 2 is 2.12 bits per heavy atom. The number of anilines is 1. The summed E-state index contributed by atoms with van der Waals surface area (Å²) in [6.45, 7) is 9.57. The molecule has 1 aromatic heterocycles. The fourth-order valence-corrected chi connectivity index (χ4v) is 3.54. The molecule has 4 nitrogen and oxygen atoms in total. The zero-order valence-corrected chi connectivity index (χ0v) is 15.1. The SMILES string of the molecule is CCC1COC(C)(CCC(C)C)N1c1ccc2cccc(O)c2n1. The van der Waals surface area contributed by atoms with Gasteiger partial charge >= 0.3 is 0 Å². The van der Waals surface area contributed by atoms with Crippen LogP contribution in [-0.4, -0.2) is 28.5 Å². The fraction of sp³-hybridized carbons (Fsp3) is 0.550. The van der Waals surface area contributed by atoms with Crippen molar-refractivity contribution in [2.45, 2.75) is 58.7 Å². The van der Waals surface area contributed by atoms with E-state index in [0.717, 1.165) is 37.1 Å². The summed E-state index contributed by atoms with van der Waals surface area (Å²) >= 11 is 0. The van der Waals surface area contributed by atoms with Crippen LogP contribution in [0.3, 0.4) is 0 Å². The minimum absolute atomic E-state index is 0.228. The minimum Gasteiger partial charge on any atom is -0.506 e. The van der Waals surface area contributed by atoms with E-state index in [1.54, 1.807) is 6.07 Å². The molecule has 0 bridgehead atoms. The van der Waals surface area contributed by atoms with E-state index in [0.29, 0.717) is 17.5 Å². The molecule has 4 heteroatoms. The molecule has 0 aliphatic carbocycles. The van der Waals surface area contributed by atoms with Crippen LogP contribution in [0, 0.1) is 5.92 Å². The van der Waals surface area contributed by atoms with E-state index >= 15 is 0 Å². The molecule has 1 fully saturated rings. The molecular formula is C20H28N2O2. The first-order valence-electron chi connectivity index (χ1n) is 8.96. The lowest BCUT2D eigenvalue weighted by molar-refractivity contribution is 0.00994. The monoisotopic (exact) mass is 328 g/mol. The normalized spacial score (nSPS) is 24.2. The summed E-state index contributed by atoms with van der Waals surface area (Å²) in [5.74, 6) is 1.76. The van der Waals surface area contributed by atoms with Gasteiger partial charge in [0.25, 0.3) is 0 Å². The molecule has 1 aliphatic heterocycles. The predicted octanol–water partition coefficient (Wildman–Crippen LogP) is 4.71. The number of aromatic hydroxyl groups is 1. The van der Waals surface area contributed by atoms with Crippen LogP contribution in [0.15, 0.2) is 30.3 Å². The first-order valence-corrected chi connectivity index (χ1v) is 8.96. The van der Waals surface area contributed by atoms with Gasteiger partial charge in [0.05, 0.1) is 12.6 Å². The van der Waals surface area contributed by atoms with Crippen LogP contribution in [-0.2, 0) is 4.74 Å². The Bertz CT molecular complexity index is 716. The third-order valence-corrected chi connectivity index (χ3v) is 5.05. The highest BCUT2D eigenvalue weighted by Crippen LogP contribution is 2.38. The van der Waals surface area contributed by atoms with Crippen molar-refractivity contribution in [2.75, 3.05) is 11.5 Å². The van der Waals surface area contributed by atoms with Gasteiger partial charge < -0.3 is 14.7 Å². The Labute approximate surface area is 144 Å². The topological polar surface area (TPSA) is 45.6 Å². The molecule has 2 unspecified atom stereocenters. The second-order valence-electron chi connectivity index (χ2n) is 7.37. The number of fused-ring (bicyclic) bond motifs is 1. The first-order chi connectivity index (χ1) is 11.4. The quantitative estimate of drug-likeness (QED) is 0.863. The number of hydrogen-bond acceptors (Lipinski definition) is 4. The van der Waals surface area contributed by atoms with Crippen molar-refractivity contribution >= 4 is 16.7 Å². The lowest BCUT2D eigenvalue weighted by Crippen LogP contribution is -2.46. The summed E-state index contributed by atoms with van der Waals surface area (Å²) in [5.41, 5.74) is 0.318. The van der Waals surface area contributed by atoms with E-state index in [1.807, 2.05) is 24.3 Å². The zero-order valence-electron chi connectivity index (χ0n) is 15.1. The van der Waals surface area contributed by atoms with Gasteiger partial charge in [-0.1, -0.05) is 32.9 Å². The largest absolute Gasteiger partial charge is 0.506 e. The standard InChI is InChI=1S/C20H28N2O2/c1-5-16-13-24-20(4,12-11-14(2)3)22(16)18-10-9-15-7-6-8-17(23)19(15)21-18/h6-10,14,16,23H,5,11-13H2,1-4H3. The van der Waals surface area contributed by atoms with Gasteiger partial charge in [0.15, 0.2) is 0 Å². The third kappa shape index (κ3) is 3.07. The molecule has 24 heavy (non-hydrogen) atoms. The molecule has 1 saturated heterocycles. The summed E-state index contributed by atoms with van der Waals surface area (Å²) in [4.78, 5) is 7.09. The number of benzene rings is 1. The Balaban J connectivity index is 2.01. The van der Waals surface area contributed by atoms with Crippen molar-refractivity contribution < 1.29 is 9.84 Å². The number of para-hydroxylation sites is 1. The second kappa shape index (κ2) is 6.60. The average Bonchev–Trinajstić information content (AvgIpc) is 2.90. The molecule has 1 aromatic carbocycles. The summed E-state index contributed by atoms with van der Waals surface area (Å²) in [6.07, 6.45) is 3.10. The van der Waals surface area contributed by atoms with Crippen molar-refractivity contribution in [3.8, 4) is 5.75 Å². The van der Waals surface area contributed by atoms with Crippen LogP contribution < -0.4 is 4.90 Å². The maximum absolute atomic E-state index is 10.2. The molecule has 0 radical (unpaired) electrons. The number of aromatic nitrogens is 1. The smallest absolute Gasteiger partial charge is 0.141 e. The molecule has 0 saturated carbocycles. The van der Waals surface area contributed by atoms with Gasteiger partial charge in [0.2, 0.25) is 0 Å². The van der Waals surface area contributed by atoms with Crippen LogP contribution in [0.5, 0.6) is 5.75 Å². The number of phenolic OH excluding ortho intramolecular Hbond substituents is 1. The van der Waals surface area contributed by atoms with Gasteiger partial charge in [-0.15, -0.1) is 0 Å². The van der Waals surface area contributed by atoms with Gasteiger partial charge in [-0.2, -0.15) is 0 Å². The highest BCUT2D eigenvalue weighted by molar-refractivity contribution is 5.85. The molecule has 2 heterocycles. The highest BCUT2D eigenvalue weighted by Gasteiger charge is 2.43. The molecule has 1 aliphatic rings. The van der Waals surface area contributed by atoms with Gasteiger partial charge in [-0.05, 0) is 50.3 Å². The van der Waals surface area contributed by atoms with E-state index in [4.69, 9.17) is 9.72 Å². The number of ether oxygens (including phenoxy) is 1. The molecule has 3 rings (SSSR count). The van der Waals surface area contributed by atoms with Crippen LogP contribution in [0.25, 0.3) is 10.9 Å².